The molecule has 0 bridgehead atoms. The van der Waals surface area contributed by atoms with Gasteiger partial charge in [0.25, 0.3) is 0 Å². The molecule has 5 N–H and O–H groups in total. The van der Waals surface area contributed by atoms with Crippen LogP contribution in [0.5, 0.6) is 0 Å². The van der Waals surface area contributed by atoms with Crippen LogP contribution in [0.2, 0.25) is 0 Å². The Morgan fingerprint density at radius 3 is 2.84 bits per heavy atom. The monoisotopic (exact) mass is 264 g/mol. The van der Waals surface area contributed by atoms with E-state index in [1.807, 2.05) is 6.92 Å². The van der Waals surface area contributed by atoms with Gasteiger partial charge in [-0.1, -0.05) is 0 Å². The summed E-state index contributed by atoms with van der Waals surface area (Å²) in [7, 11) is 0. The first-order valence-corrected chi connectivity index (χ1v) is 6.52. The lowest BCUT2D eigenvalue weighted by Crippen LogP contribution is -2.25. The third kappa shape index (κ3) is 4.06. The summed E-state index contributed by atoms with van der Waals surface area (Å²) < 4.78 is 0. The average molecular weight is 264 g/mol. The number of aromatic nitrogens is 2. The Hall–Kier alpha value is -1.89. The number of nitrogens with zero attached hydrogens (tertiary/aromatic N) is 2. The minimum Gasteiger partial charge on any atom is -0.370 e. The Morgan fingerprint density at radius 1 is 1.42 bits per heavy atom. The van der Waals surface area contributed by atoms with Gasteiger partial charge >= 0.3 is 0 Å². The van der Waals surface area contributed by atoms with Gasteiger partial charge in [0, 0.05) is 24.6 Å². The first kappa shape index (κ1) is 13.5. The molecule has 1 amide bonds. The van der Waals surface area contributed by atoms with Gasteiger partial charge in [0.05, 0.1) is 0 Å². The van der Waals surface area contributed by atoms with Crippen LogP contribution < -0.4 is 21.9 Å². The summed E-state index contributed by atoms with van der Waals surface area (Å²) in [4.78, 5) is 19.6. The van der Waals surface area contributed by atoms with E-state index in [2.05, 4.69) is 26.0 Å². The molecule has 7 nitrogen and oxygen atoms in total. The molecule has 1 saturated carbocycles. The zero-order chi connectivity index (χ0) is 13.7. The fraction of sp³-hybridized carbons (Fsp3) is 0.583. The normalized spacial score (nSPS) is 14.0. The number of nitrogens with two attached hydrogens (primary N) is 1. The Morgan fingerprint density at radius 2 is 2.16 bits per heavy atom. The van der Waals surface area contributed by atoms with Gasteiger partial charge in [-0.3, -0.25) is 4.79 Å². The molecule has 0 aromatic carbocycles. The highest BCUT2D eigenvalue weighted by Crippen LogP contribution is 2.19. The van der Waals surface area contributed by atoms with Crippen LogP contribution in [-0.4, -0.2) is 28.5 Å². The molecule has 2 rings (SSSR count). The number of hydrazine groups is 1. The van der Waals surface area contributed by atoms with Gasteiger partial charge in [-0.25, -0.2) is 15.8 Å². The Kier molecular flexibility index (Phi) is 4.51. The van der Waals surface area contributed by atoms with Gasteiger partial charge in [0.1, 0.15) is 18.0 Å². The SMILES string of the molecule is Cc1c(NN)ncnc1NCCCC(=O)NC1CC1. The smallest absolute Gasteiger partial charge is 0.220 e. The number of nitrogens with one attached hydrogen (secondary N) is 3. The summed E-state index contributed by atoms with van der Waals surface area (Å²) in [6, 6.07) is 0.433. The van der Waals surface area contributed by atoms with Crippen molar-refractivity contribution in [3.05, 3.63) is 11.9 Å². The molecule has 1 aliphatic carbocycles. The van der Waals surface area contributed by atoms with E-state index in [9.17, 15) is 4.79 Å². The molecule has 1 heterocycles. The van der Waals surface area contributed by atoms with E-state index in [-0.39, 0.29) is 5.91 Å². The van der Waals surface area contributed by atoms with Crippen molar-refractivity contribution in [1.29, 1.82) is 0 Å². The highest BCUT2D eigenvalue weighted by atomic mass is 16.1. The predicted molar refractivity (Wildman–Crippen MR) is 73.5 cm³/mol. The van der Waals surface area contributed by atoms with E-state index < -0.39 is 0 Å². The van der Waals surface area contributed by atoms with Crippen LogP contribution in [0.15, 0.2) is 6.33 Å². The van der Waals surface area contributed by atoms with Crippen LogP contribution in [0.1, 0.15) is 31.2 Å². The first-order valence-electron chi connectivity index (χ1n) is 6.52. The maximum Gasteiger partial charge on any atom is 0.220 e. The molecule has 0 radical (unpaired) electrons. The third-order valence-corrected chi connectivity index (χ3v) is 3.04. The number of nitrogen functional groups attached to an aromatic ring is 1. The summed E-state index contributed by atoms with van der Waals surface area (Å²) in [5.74, 6) is 6.82. The number of hydrogen-bond acceptors (Lipinski definition) is 6. The van der Waals surface area contributed by atoms with E-state index >= 15 is 0 Å². The fourth-order valence-electron chi connectivity index (χ4n) is 1.76. The summed E-state index contributed by atoms with van der Waals surface area (Å²) in [6.45, 7) is 2.58. The van der Waals surface area contributed by atoms with Crippen molar-refractivity contribution in [2.45, 2.75) is 38.6 Å². The van der Waals surface area contributed by atoms with Crippen molar-refractivity contribution >= 4 is 17.5 Å². The minimum atomic E-state index is 0.132. The van der Waals surface area contributed by atoms with Crippen LogP contribution in [0, 0.1) is 6.92 Å². The topological polar surface area (TPSA) is 105 Å². The van der Waals surface area contributed by atoms with E-state index in [0.29, 0.717) is 24.8 Å². The Bertz CT molecular complexity index is 446. The number of rotatable bonds is 7. The summed E-state index contributed by atoms with van der Waals surface area (Å²) in [5, 5.41) is 6.15. The second kappa shape index (κ2) is 6.33. The van der Waals surface area contributed by atoms with Crippen molar-refractivity contribution in [1.82, 2.24) is 15.3 Å². The van der Waals surface area contributed by atoms with Crippen molar-refractivity contribution in [3.8, 4) is 0 Å². The Labute approximate surface area is 112 Å². The third-order valence-electron chi connectivity index (χ3n) is 3.04. The number of anilines is 2. The first-order chi connectivity index (χ1) is 9.20. The molecule has 1 aromatic rings. The molecule has 7 heteroatoms. The molecule has 0 spiro atoms. The predicted octanol–water partition coefficient (Wildman–Crippen LogP) is 0.541. The molecule has 104 valence electrons. The van der Waals surface area contributed by atoms with Crippen LogP contribution >= 0.6 is 0 Å². The molecule has 19 heavy (non-hydrogen) atoms. The lowest BCUT2D eigenvalue weighted by molar-refractivity contribution is -0.121. The minimum absolute atomic E-state index is 0.132. The molecule has 0 aliphatic heterocycles. The second-order valence-corrected chi connectivity index (χ2v) is 4.71. The van der Waals surface area contributed by atoms with Gasteiger partial charge in [-0.15, -0.1) is 0 Å². The molecule has 0 atom stereocenters. The lowest BCUT2D eigenvalue weighted by Gasteiger charge is -2.10. The van der Waals surface area contributed by atoms with Crippen LogP contribution in [0.25, 0.3) is 0 Å². The largest absolute Gasteiger partial charge is 0.370 e. The average Bonchev–Trinajstić information content (AvgIpc) is 3.20. The quantitative estimate of drug-likeness (QED) is 0.325. The molecule has 1 aliphatic rings. The maximum atomic E-state index is 11.5. The highest BCUT2D eigenvalue weighted by Gasteiger charge is 2.22. The van der Waals surface area contributed by atoms with Gasteiger partial charge < -0.3 is 16.1 Å². The van der Waals surface area contributed by atoms with Crippen LogP contribution in [-0.2, 0) is 4.79 Å². The summed E-state index contributed by atoms with van der Waals surface area (Å²) >= 11 is 0. The van der Waals surface area contributed by atoms with Crippen molar-refractivity contribution in [2.24, 2.45) is 5.84 Å². The zero-order valence-electron chi connectivity index (χ0n) is 11.1. The van der Waals surface area contributed by atoms with Crippen molar-refractivity contribution in [2.75, 3.05) is 17.3 Å². The van der Waals surface area contributed by atoms with E-state index in [0.717, 1.165) is 30.6 Å². The molecule has 1 aromatic heterocycles. The number of carbonyl (C=O) groups excluding carboxylic acids is 1. The summed E-state index contributed by atoms with van der Waals surface area (Å²) in [5.41, 5.74) is 3.39. The molecule has 0 saturated heterocycles. The number of carbonyl (C=O) groups is 1. The fourth-order valence-corrected chi connectivity index (χ4v) is 1.76. The number of hydrogen-bond donors (Lipinski definition) is 4. The maximum absolute atomic E-state index is 11.5. The van der Waals surface area contributed by atoms with E-state index in [4.69, 9.17) is 5.84 Å². The molecular formula is C12H20N6O. The zero-order valence-corrected chi connectivity index (χ0v) is 11.1. The van der Waals surface area contributed by atoms with Crippen LogP contribution in [0.4, 0.5) is 11.6 Å². The van der Waals surface area contributed by atoms with Gasteiger partial charge in [-0.2, -0.15) is 0 Å². The van der Waals surface area contributed by atoms with E-state index in [1.165, 1.54) is 6.33 Å². The highest BCUT2D eigenvalue weighted by molar-refractivity contribution is 5.76. The van der Waals surface area contributed by atoms with Crippen molar-refractivity contribution in [3.63, 3.8) is 0 Å². The molecule has 1 fully saturated rings. The van der Waals surface area contributed by atoms with Gasteiger partial charge in [0.2, 0.25) is 5.91 Å². The van der Waals surface area contributed by atoms with E-state index in [1.54, 1.807) is 0 Å². The van der Waals surface area contributed by atoms with Gasteiger partial charge in [-0.05, 0) is 26.2 Å². The standard InChI is InChI=1S/C12H20N6O/c1-8-11(15-7-16-12(8)18-13)14-6-2-3-10(19)17-9-4-5-9/h7,9H,2-6,13H2,1H3,(H,17,19)(H2,14,15,16,18). The lowest BCUT2D eigenvalue weighted by atomic mass is 10.2. The van der Waals surface area contributed by atoms with Crippen LogP contribution in [0.3, 0.4) is 0 Å². The second-order valence-electron chi connectivity index (χ2n) is 4.71. The number of amides is 1. The van der Waals surface area contributed by atoms with Gasteiger partial charge in [0.15, 0.2) is 0 Å². The molecular weight excluding hydrogens is 244 g/mol. The summed E-state index contributed by atoms with van der Waals surface area (Å²) in [6.07, 6.45) is 5.01. The molecule has 0 unspecified atom stereocenters. The Balaban J connectivity index is 1.71. The van der Waals surface area contributed by atoms with Crippen molar-refractivity contribution < 1.29 is 4.79 Å².